The predicted molar refractivity (Wildman–Crippen MR) is 87.7 cm³/mol. The molecule has 146 valence electrons. The molecule has 0 N–H and O–H groups in total. The van der Waals surface area contributed by atoms with E-state index in [0.717, 1.165) is 25.7 Å². The van der Waals surface area contributed by atoms with Crippen molar-refractivity contribution < 1.29 is 33.4 Å². The van der Waals surface area contributed by atoms with Gasteiger partial charge in [0.15, 0.2) is 0 Å². The lowest BCUT2D eigenvalue weighted by atomic mass is 9.58. The summed E-state index contributed by atoms with van der Waals surface area (Å²) < 4.78 is 9.82. The third-order valence-corrected chi connectivity index (χ3v) is 9.85. The molecule has 4 bridgehead atoms. The van der Waals surface area contributed by atoms with Crippen molar-refractivity contribution in [1.82, 2.24) is 0 Å². The van der Waals surface area contributed by atoms with Crippen LogP contribution in [0.15, 0.2) is 0 Å². The number of ether oxygens (including phenoxy) is 2. The summed E-state index contributed by atoms with van der Waals surface area (Å²) in [5.41, 5.74) is -1.11. The molecule has 0 aromatic rings. The second kappa shape index (κ2) is 4.41. The van der Waals surface area contributed by atoms with Gasteiger partial charge in [0, 0.05) is 10.8 Å². The maximum atomic E-state index is 14.0. The van der Waals surface area contributed by atoms with Crippen LogP contribution in [0.25, 0.3) is 0 Å². The molecule has 3 unspecified atom stereocenters. The van der Waals surface area contributed by atoms with Crippen molar-refractivity contribution in [3.8, 4) is 0 Å². The topological polar surface area (TPSA) is 104 Å². The molecule has 2 aliphatic heterocycles. The zero-order chi connectivity index (χ0) is 19.2. The summed E-state index contributed by atoms with van der Waals surface area (Å²) in [5.74, 6) is -3.28. The molecule has 0 aromatic heterocycles. The SMILES string of the molecule is O=C1OC(=O)[C@@H]2C1[C@@H]1C[C@H]2C2(CC[C@]3(CC4C[C@@H]3[C@@H]3C(=O)OC(=O)[C@H]43)C2=O)C1. The molecule has 2 saturated heterocycles. The fourth-order valence-corrected chi connectivity index (χ4v) is 9.16. The van der Waals surface area contributed by atoms with Crippen molar-refractivity contribution in [2.24, 2.45) is 58.2 Å². The largest absolute Gasteiger partial charge is 0.393 e. The highest BCUT2D eigenvalue weighted by Gasteiger charge is 2.78. The normalized spacial score (nSPS) is 57.6. The number of rotatable bonds is 0. The van der Waals surface area contributed by atoms with Crippen molar-refractivity contribution in [2.75, 3.05) is 0 Å². The van der Waals surface area contributed by atoms with E-state index in [1.54, 1.807) is 0 Å². The minimum atomic E-state index is -0.554. The van der Waals surface area contributed by atoms with E-state index in [9.17, 15) is 24.0 Å². The first kappa shape index (κ1) is 15.8. The molecule has 0 radical (unpaired) electrons. The van der Waals surface area contributed by atoms with E-state index < -0.39 is 46.5 Å². The van der Waals surface area contributed by atoms with E-state index in [1.807, 2.05) is 0 Å². The lowest BCUT2D eigenvalue weighted by Crippen LogP contribution is -2.48. The molecule has 5 saturated carbocycles. The van der Waals surface area contributed by atoms with Gasteiger partial charge in [0.05, 0.1) is 23.7 Å². The molecule has 7 heteroatoms. The second-order valence-corrected chi connectivity index (χ2v) is 10.3. The average Bonchev–Trinajstić information content (AvgIpc) is 3.46. The molecule has 10 atom stereocenters. The van der Waals surface area contributed by atoms with E-state index in [2.05, 4.69) is 0 Å². The van der Waals surface area contributed by atoms with Crippen LogP contribution in [0, 0.1) is 58.2 Å². The van der Waals surface area contributed by atoms with Gasteiger partial charge in [0.25, 0.3) is 0 Å². The molecule has 7 fully saturated rings. The standard InChI is InChI=1S/C21H20O7/c22-15-11-7-3-9(13(11)17(24)27-15)20(5-7)1-2-21(19(20)26)6-8-4-10(21)14-12(8)16(23)28-18(14)25/h7-14H,1-6H2/t7-,8?,9-,10-,11?,12-,13+,14+,20?,21-/m1/s1. The number of carbonyl (C=O) groups is 5. The molecular formula is C21H20O7. The molecule has 5 aliphatic carbocycles. The highest BCUT2D eigenvalue weighted by molar-refractivity contribution is 6.02. The lowest BCUT2D eigenvalue weighted by molar-refractivity contribution is -0.156. The van der Waals surface area contributed by atoms with Crippen LogP contribution in [0.4, 0.5) is 0 Å². The van der Waals surface area contributed by atoms with Crippen molar-refractivity contribution >= 4 is 29.7 Å². The summed E-state index contributed by atoms with van der Waals surface area (Å²) in [6, 6.07) is 0. The van der Waals surface area contributed by atoms with Crippen molar-refractivity contribution in [3.63, 3.8) is 0 Å². The van der Waals surface area contributed by atoms with Gasteiger partial charge in [-0.05, 0) is 62.2 Å². The molecule has 0 aromatic carbocycles. The number of hydrogen-bond donors (Lipinski definition) is 0. The highest BCUT2D eigenvalue weighted by Crippen LogP contribution is 2.75. The van der Waals surface area contributed by atoms with Crippen molar-refractivity contribution in [1.29, 1.82) is 0 Å². The minimum Gasteiger partial charge on any atom is -0.393 e. The summed E-state index contributed by atoms with van der Waals surface area (Å²) in [7, 11) is 0. The fraction of sp³-hybridized carbons (Fsp3) is 0.762. The average molecular weight is 384 g/mol. The third kappa shape index (κ3) is 1.40. The zero-order valence-corrected chi connectivity index (χ0v) is 15.2. The van der Waals surface area contributed by atoms with Gasteiger partial charge in [-0.2, -0.15) is 0 Å². The Morgan fingerprint density at radius 1 is 0.607 bits per heavy atom. The summed E-state index contributed by atoms with van der Waals surface area (Å²) in [6.07, 6.45) is 4.27. The quantitative estimate of drug-likeness (QED) is 0.454. The number of ketones is 1. The Kier molecular flexibility index (Phi) is 2.49. The fourth-order valence-electron chi connectivity index (χ4n) is 9.16. The molecule has 7 nitrogen and oxygen atoms in total. The first-order chi connectivity index (χ1) is 13.4. The Labute approximate surface area is 160 Å². The predicted octanol–water partition coefficient (Wildman–Crippen LogP) is 1.03. The smallest absolute Gasteiger partial charge is 0.317 e. The highest BCUT2D eigenvalue weighted by atomic mass is 16.6. The van der Waals surface area contributed by atoms with Crippen molar-refractivity contribution in [2.45, 2.75) is 38.5 Å². The molecule has 0 amide bonds. The van der Waals surface area contributed by atoms with E-state index in [0.29, 0.717) is 12.8 Å². The molecular weight excluding hydrogens is 364 g/mol. The van der Waals surface area contributed by atoms with Gasteiger partial charge >= 0.3 is 23.9 Å². The number of hydrogen-bond acceptors (Lipinski definition) is 7. The zero-order valence-electron chi connectivity index (χ0n) is 15.2. The Morgan fingerprint density at radius 2 is 1.00 bits per heavy atom. The van der Waals surface area contributed by atoms with Crippen LogP contribution < -0.4 is 0 Å². The maximum Gasteiger partial charge on any atom is 0.317 e. The number of esters is 4. The first-order valence-electron chi connectivity index (χ1n) is 10.4. The van der Waals surface area contributed by atoms with Gasteiger partial charge in [-0.3, -0.25) is 24.0 Å². The summed E-state index contributed by atoms with van der Waals surface area (Å²) in [4.78, 5) is 62.8. The van der Waals surface area contributed by atoms with Gasteiger partial charge in [0.1, 0.15) is 5.78 Å². The number of carbonyl (C=O) groups excluding carboxylic acids is 5. The van der Waals surface area contributed by atoms with Crippen LogP contribution in [0.3, 0.4) is 0 Å². The summed E-state index contributed by atoms with van der Waals surface area (Å²) in [6.45, 7) is 0. The number of Topliss-reactive ketones (excluding diaryl/α,β-unsaturated/α-hetero) is 1. The number of cyclic esters (lactones) is 4. The van der Waals surface area contributed by atoms with Gasteiger partial charge < -0.3 is 9.47 Å². The number of fused-ring (bicyclic) bond motifs is 12. The third-order valence-electron chi connectivity index (χ3n) is 9.85. The van der Waals surface area contributed by atoms with Crippen LogP contribution in [-0.2, 0) is 33.4 Å². The summed E-state index contributed by atoms with van der Waals surface area (Å²) >= 11 is 0. The van der Waals surface area contributed by atoms with Crippen LogP contribution >= 0.6 is 0 Å². The summed E-state index contributed by atoms with van der Waals surface area (Å²) in [5, 5.41) is 0. The van der Waals surface area contributed by atoms with Crippen LogP contribution in [-0.4, -0.2) is 29.7 Å². The van der Waals surface area contributed by atoms with E-state index >= 15 is 0 Å². The first-order valence-corrected chi connectivity index (χ1v) is 10.4. The Morgan fingerprint density at radius 3 is 1.43 bits per heavy atom. The van der Waals surface area contributed by atoms with E-state index in [-0.39, 0.29) is 41.3 Å². The molecule has 2 heterocycles. The van der Waals surface area contributed by atoms with Crippen molar-refractivity contribution in [3.05, 3.63) is 0 Å². The van der Waals surface area contributed by atoms with E-state index in [1.165, 1.54) is 0 Å². The maximum absolute atomic E-state index is 14.0. The van der Waals surface area contributed by atoms with Crippen LogP contribution in [0.5, 0.6) is 0 Å². The molecule has 7 rings (SSSR count). The van der Waals surface area contributed by atoms with Gasteiger partial charge in [-0.1, -0.05) is 0 Å². The monoisotopic (exact) mass is 384 g/mol. The van der Waals surface area contributed by atoms with Gasteiger partial charge in [0.2, 0.25) is 0 Å². The molecule has 7 aliphatic rings. The molecule has 2 spiro atoms. The Balaban J connectivity index is 1.27. The lowest BCUT2D eigenvalue weighted by Gasteiger charge is -2.41. The van der Waals surface area contributed by atoms with Gasteiger partial charge in [-0.25, -0.2) is 0 Å². The van der Waals surface area contributed by atoms with Gasteiger partial charge in [-0.15, -0.1) is 0 Å². The minimum absolute atomic E-state index is 0.0532. The molecule has 28 heavy (non-hydrogen) atoms. The Bertz CT molecular complexity index is 850. The Hall–Kier alpha value is -2.05. The second-order valence-electron chi connectivity index (χ2n) is 10.3. The van der Waals surface area contributed by atoms with Crippen LogP contribution in [0.1, 0.15) is 38.5 Å². The van der Waals surface area contributed by atoms with Crippen LogP contribution in [0.2, 0.25) is 0 Å². The van der Waals surface area contributed by atoms with E-state index in [4.69, 9.17) is 9.47 Å².